The Balaban J connectivity index is 1.71. The number of hydrogen-bond donors (Lipinski definition) is 1. The molecule has 0 radical (unpaired) electrons. The molecule has 0 fully saturated rings. The Morgan fingerprint density at radius 2 is 2.08 bits per heavy atom. The molecule has 0 aliphatic heterocycles. The molecule has 8 heteroatoms. The fraction of sp³-hybridized carbons (Fsp3) is 0.118. The molecule has 2 N–H and O–H groups in total. The van der Waals surface area contributed by atoms with Crippen LogP contribution in [-0.4, -0.2) is 30.1 Å². The van der Waals surface area contributed by atoms with Crippen LogP contribution in [0.3, 0.4) is 0 Å². The molecule has 124 valence electrons. The minimum Gasteiger partial charge on any atom is -0.382 e. The number of anilines is 1. The van der Waals surface area contributed by atoms with E-state index in [4.69, 9.17) is 10.3 Å². The summed E-state index contributed by atoms with van der Waals surface area (Å²) < 4.78 is 6.84. The van der Waals surface area contributed by atoms with Crippen molar-refractivity contribution in [3.8, 4) is 28.8 Å². The van der Waals surface area contributed by atoms with Crippen LogP contribution in [0.15, 0.2) is 53.2 Å². The highest BCUT2D eigenvalue weighted by atomic mass is 16.5. The lowest BCUT2D eigenvalue weighted by Gasteiger charge is -2.04. The van der Waals surface area contributed by atoms with Crippen molar-refractivity contribution in [1.29, 1.82) is 0 Å². The van der Waals surface area contributed by atoms with Crippen LogP contribution in [0.5, 0.6) is 0 Å². The van der Waals surface area contributed by atoms with Crippen LogP contribution in [0.4, 0.5) is 5.82 Å². The van der Waals surface area contributed by atoms with Gasteiger partial charge < -0.3 is 10.3 Å². The predicted octanol–water partition coefficient (Wildman–Crippen LogP) is 2.52. The van der Waals surface area contributed by atoms with Crippen molar-refractivity contribution < 1.29 is 4.52 Å². The first-order valence-corrected chi connectivity index (χ1v) is 7.82. The molecule has 0 aliphatic carbocycles. The number of aromatic nitrogens is 6. The van der Waals surface area contributed by atoms with E-state index in [1.807, 2.05) is 30.3 Å². The predicted molar refractivity (Wildman–Crippen MR) is 91.7 cm³/mol. The van der Waals surface area contributed by atoms with E-state index in [1.165, 1.54) is 5.56 Å². The lowest BCUT2D eigenvalue weighted by Crippen LogP contribution is -2.02. The third-order valence-corrected chi connectivity index (χ3v) is 3.79. The SMILES string of the molecule is CCc1cccc(-n2nnc(-c3nc(-c4ccccn4)no3)c2N)c1. The summed E-state index contributed by atoms with van der Waals surface area (Å²) in [6.45, 7) is 2.09. The van der Waals surface area contributed by atoms with Gasteiger partial charge in [-0.2, -0.15) is 9.67 Å². The van der Waals surface area contributed by atoms with Gasteiger partial charge in [0.1, 0.15) is 5.69 Å². The van der Waals surface area contributed by atoms with Crippen LogP contribution in [0.2, 0.25) is 0 Å². The Morgan fingerprint density at radius 3 is 2.88 bits per heavy atom. The van der Waals surface area contributed by atoms with Crippen molar-refractivity contribution in [3.05, 3.63) is 54.2 Å². The molecule has 0 unspecified atom stereocenters. The van der Waals surface area contributed by atoms with E-state index in [9.17, 15) is 0 Å². The molecule has 0 aliphatic rings. The van der Waals surface area contributed by atoms with Crippen LogP contribution < -0.4 is 5.73 Å². The van der Waals surface area contributed by atoms with Crippen LogP contribution in [0, 0.1) is 0 Å². The molecule has 25 heavy (non-hydrogen) atoms. The summed E-state index contributed by atoms with van der Waals surface area (Å²) in [6, 6.07) is 13.4. The maximum atomic E-state index is 6.20. The summed E-state index contributed by atoms with van der Waals surface area (Å²) in [4.78, 5) is 8.51. The summed E-state index contributed by atoms with van der Waals surface area (Å²) in [5, 5.41) is 12.1. The van der Waals surface area contributed by atoms with Crippen LogP contribution in [0.25, 0.3) is 28.8 Å². The molecule has 4 rings (SSSR count). The van der Waals surface area contributed by atoms with E-state index < -0.39 is 0 Å². The van der Waals surface area contributed by atoms with Crippen LogP contribution in [0.1, 0.15) is 12.5 Å². The Bertz CT molecular complexity index is 1010. The first-order chi connectivity index (χ1) is 12.3. The number of nitrogens with zero attached hydrogens (tertiary/aromatic N) is 6. The molecular weight excluding hydrogens is 318 g/mol. The second-order valence-electron chi connectivity index (χ2n) is 5.40. The van der Waals surface area contributed by atoms with E-state index in [1.54, 1.807) is 16.9 Å². The topological polar surface area (TPSA) is 109 Å². The molecular formula is C17H15N7O. The Labute approximate surface area is 143 Å². The highest BCUT2D eigenvalue weighted by Gasteiger charge is 2.20. The minimum absolute atomic E-state index is 0.205. The van der Waals surface area contributed by atoms with Gasteiger partial charge in [0.05, 0.1) is 5.69 Å². The number of pyridine rings is 1. The van der Waals surface area contributed by atoms with Crippen molar-refractivity contribution in [2.24, 2.45) is 0 Å². The van der Waals surface area contributed by atoms with Gasteiger partial charge in [0, 0.05) is 6.20 Å². The fourth-order valence-corrected chi connectivity index (χ4v) is 2.46. The Hall–Kier alpha value is -3.55. The minimum atomic E-state index is 0.205. The smallest absolute Gasteiger partial charge is 0.282 e. The molecule has 0 spiro atoms. The summed E-state index contributed by atoms with van der Waals surface area (Å²) in [5.74, 6) is 0.915. The molecule has 0 saturated carbocycles. The third-order valence-electron chi connectivity index (χ3n) is 3.79. The van der Waals surface area contributed by atoms with Crippen molar-refractivity contribution in [1.82, 2.24) is 30.1 Å². The lowest BCUT2D eigenvalue weighted by molar-refractivity contribution is 0.431. The summed E-state index contributed by atoms with van der Waals surface area (Å²) in [5.41, 5.74) is 9.17. The van der Waals surface area contributed by atoms with Crippen molar-refractivity contribution >= 4 is 5.82 Å². The van der Waals surface area contributed by atoms with Crippen molar-refractivity contribution in [2.75, 3.05) is 5.73 Å². The molecule has 0 saturated heterocycles. The molecule has 0 bridgehead atoms. The first kappa shape index (κ1) is 15.0. The normalized spacial score (nSPS) is 10.9. The number of nitrogen functional groups attached to an aromatic ring is 1. The van der Waals surface area contributed by atoms with Crippen LogP contribution >= 0.6 is 0 Å². The van der Waals surface area contributed by atoms with E-state index >= 15 is 0 Å². The van der Waals surface area contributed by atoms with E-state index in [-0.39, 0.29) is 5.89 Å². The van der Waals surface area contributed by atoms with Gasteiger partial charge >= 0.3 is 0 Å². The van der Waals surface area contributed by atoms with Gasteiger partial charge in [-0.15, -0.1) is 5.10 Å². The van der Waals surface area contributed by atoms with E-state index in [0.29, 0.717) is 23.0 Å². The molecule has 1 aromatic carbocycles. The highest BCUT2D eigenvalue weighted by molar-refractivity contribution is 5.65. The monoisotopic (exact) mass is 333 g/mol. The van der Waals surface area contributed by atoms with Gasteiger partial charge in [-0.1, -0.05) is 35.5 Å². The second kappa shape index (κ2) is 6.16. The van der Waals surface area contributed by atoms with Gasteiger partial charge in [0.2, 0.25) is 5.82 Å². The molecule has 0 atom stereocenters. The zero-order chi connectivity index (χ0) is 17.2. The number of aryl methyl sites for hydroxylation is 1. The Morgan fingerprint density at radius 1 is 1.16 bits per heavy atom. The average molecular weight is 333 g/mol. The fourth-order valence-electron chi connectivity index (χ4n) is 2.46. The molecule has 0 amide bonds. The molecule has 3 heterocycles. The highest BCUT2D eigenvalue weighted by Crippen LogP contribution is 2.26. The quantitative estimate of drug-likeness (QED) is 0.611. The standard InChI is InChI=1S/C17H15N7O/c1-2-11-6-5-7-12(10-11)24-15(18)14(21-23-24)17-20-16(22-25-17)13-8-3-4-9-19-13/h3-10H,2,18H2,1H3. The molecule has 8 nitrogen and oxygen atoms in total. The zero-order valence-electron chi connectivity index (χ0n) is 13.5. The van der Waals surface area contributed by atoms with E-state index in [2.05, 4.69) is 38.4 Å². The number of hydrogen-bond acceptors (Lipinski definition) is 7. The third kappa shape index (κ3) is 2.74. The van der Waals surface area contributed by atoms with Gasteiger partial charge in [-0.25, -0.2) is 0 Å². The maximum absolute atomic E-state index is 6.20. The average Bonchev–Trinajstić information content (AvgIpc) is 3.29. The summed E-state index contributed by atoms with van der Waals surface area (Å²) in [6.07, 6.45) is 2.59. The molecule has 3 aromatic heterocycles. The largest absolute Gasteiger partial charge is 0.382 e. The van der Waals surface area contributed by atoms with Crippen LogP contribution in [-0.2, 0) is 6.42 Å². The van der Waals surface area contributed by atoms with Gasteiger partial charge in [-0.3, -0.25) is 4.98 Å². The molecule has 4 aromatic rings. The zero-order valence-corrected chi connectivity index (χ0v) is 13.5. The van der Waals surface area contributed by atoms with Crippen molar-refractivity contribution in [2.45, 2.75) is 13.3 Å². The van der Waals surface area contributed by atoms with Crippen molar-refractivity contribution in [3.63, 3.8) is 0 Å². The first-order valence-electron chi connectivity index (χ1n) is 7.82. The summed E-state index contributed by atoms with van der Waals surface area (Å²) in [7, 11) is 0. The number of rotatable bonds is 4. The summed E-state index contributed by atoms with van der Waals surface area (Å²) >= 11 is 0. The lowest BCUT2D eigenvalue weighted by atomic mass is 10.1. The Kier molecular flexibility index (Phi) is 3.70. The second-order valence-corrected chi connectivity index (χ2v) is 5.40. The van der Waals surface area contributed by atoms with E-state index in [0.717, 1.165) is 12.1 Å². The van der Waals surface area contributed by atoms with Gasteiger partial charge in [0.25, 0.3) is 5.89 Å². The van der Waals surface area contributed by atoms with Gasteiger partial charge in [0.15, 0.2) is 11.5 Å². The number of benzene rings is 1. The van der Waals surface area contributed by atoms with Gasteiger partial charge in [-0.05, 0) is 36.2 Å². The number of nitrogens with two attached hydrogens (primary N) is 1. The maximum Gasteiger partial charge on any atom is 0.282 e.